The van der Waals surface area contributed by atoms with Crippen LogP contribution in [0.15, 0.2) is 36.4 Å². The second-order valence-electron chi connectivity index (χ2n) is 4.94. The lowest BCUT2D eigenvalue weighted by molar-refractivity contribution is 0.0734. The molecule has 2 nitrogen and oxygen atoms in total. The minimum absolute atomic E-state index is 0.317. The Bertz CT molecular complexity index is 587. The molecular weight excluding hydrogens is 236 g/mol. The van der Waals surface area contributed by atoms with Crippen LogP contribution in [0.5, 0.6) is 5.75 Å². The summed E-state index contributed by atoms with van der Waals surface area (Å²) >= 11 is 0. The molecular formula is C17H18O2. The highest BCUT2D eigenvalue weighted by Gasteiger charge is 2.09. The topological polar surface area (TPSA) is 26.3 Å². The van der Waals surface area contributed by atoms with Crippen LogP contribution < -0.4 is 4.74 Å². The van der Waals surface area contributed by atoms with E-state index in [0.29, 0.717) is 11.3 Å². The lowest BCUT2D eigenvalue weighted by Gasteiger charge is -2.09. The van der Waals surface area contributed by atoms with Crippen LogP contribution in [0.1, 0.15) is 32.6 Å². The van der Waals surface area contributed by atoms with Gasteiger partial charge in [0, 0.05) is 0 Å². The van der Waals surface area contributed by atoms with Gasteiger partial charge in [0.2, 0.25) is 0 Å². The third-order valence-electron chi connectivity index (χ3n) is 3.40. The molecule has 0 bridgehead atoms. The Labute approximate surface area is 114 Å². The Kier molecular flexibility index (Phi) is 3.70. The first-order valence-corrected chi connectivity index (χ1v) is 6.34. The fourth-order valence-electron chi connectivity index (χ4n) is 1.91. The van der Waals surface area contributed by atoms with Gasteiger partial charge in [-0.2, -0.15) is 0 Å². The number of aryl methyl sites for hydroxylation is 3. The van der Waals surface area contributed by atoms with Crippen molar-refractivity contribution in [3.05, 3.63) is 64.2 Å². The highest BCUT2D eigenvalue weighted by molar-refractivity contribution is 5.91. The lowest BCUT2D eigenvalue weighted by atomic mass is 10.0. The number of rotatable bonds is 2. The average molecular weight is 254 g/mol. The van der Waals surface area contributed by atoms with Crippen molar-refractivity contribution in [2.75, 3.05) is 0 Å². The highest BCUT2D eigenvalue weighted by Crippen LogP contribution is 2.21. The Hall–Kier alpha value is -2.09. The van der Waals surface area contributed by atoms with Crippen LogP contribution in [-0.2, 0) is 0 Å². The van der Waals surface area contributed by atoms with E-state index >= 15 is 0 Å². The van der Waals surface area contributed by atoms with Crippen molar-refractivity contribution in [3.8, 4) is 5.75 Å². The van der Waals surface area contributed by atoms with Crippen LogP contribution in [0.3, 0.4) is 0 Å². The Balaban J connectivity index is 2.22. The Morgan fingerprint density at radius 3 is 1.95 bits per heavy atom. The molecule has 19 heavy (non-hydrogen) atoms. The molecule has 0 fully saturated rings. The zero-order valence-electron chi connectivity index (χ0n) is 11.8. The van der Waals surface area contributed by atoms with Gasteiger partial charge in [0.15, 0.2) is 0 Å². The van der Waals surface area contributed by atoms with Crippen LogP contribution in [0, 0.1) is 27.7 Å². The molecule has 0 aliphatic heterocycles. The normalized spacial score (nSPS) is 10.3. The summed E-state index contributed by atoms with van der Waals surface area (Å²) in [5.41, 5.74) is 5.19. The minimum Gasteiger partial charge on any atom is -0.423 e. The molecule has 0 spiro atoms. The number of esters is 1. The predicted molar refractivity (Wildman–Crippen MR) is 76.8 cm³/mol. The smallest absolute Gasteiger partial charge is 0.343 e. The molecule has 0 aliphatic rings. The second-order valence-corrected chi connectivity index (χ2v) is 4.94. The molecule has 2 aromatic rings. The summed E-state index contributed by atoms with van der Waals surface area (Å²) < 4.78 is 5.42. The Morgan fingerprint density at radius 2 is 1.42 bits per heavy atom. The molecule has 0 saturated heterocycles. The predicted octanol–water partition coefficient (Wildman–Crippen LogP) is 4.14. The number of benzene rings is 2. The summed E-state index contributed by atoms with van der Waals surface area (Å²) in [5, 5.41) is 0. The van der Waals surface area contributed by atoms with Crippen molar-refractivity contribution in [2.45, 2.75) is 27.7 Å². The van der Waals surface area contributed by atoms with E-state index in [9.17, 15) is 4.79 Å². The molecule has 0 heterocycles. The van der Waals surface area contributed by atoms with Gasteiger partial charge in [-0.3, -0.25) is 0 Å². The van der Waals surface area contributed by atoms with Gasteiger partial charge in [0.1, 0.15) is 5.75 Å². The van der Waals surface area contributed by atoms with Gasteiger partial charge in [-0.1, -0.05) is 17.7 Å². The van der Waals surface area contributed by atoms with E-state index < -0.39 is 0 Å². The summed E-state index contributed by atoms with van der Waals surface area (Å²) in [6.07, 6.45) is 0. The van der Waals surface area contributed by atoms with Crippen molar-refractivity contribution < 1.29 is 9.53 Å². The van der Waals surface area contributed by atoms with Gasteiger partial charge in [-0.15, -0.1) is 0 Å². The van der Waals surface area contributed by atoms with Gasteiger partial charge >= 0.3 is 5.97 Å². The van der Waals surface area contributed by atoms with Gasteiger partial charge in [-0.05, 0) is 68.7 Å². The summed E-state index contributed by atoms with van der Waals surface area (Å²) in [5.74, 6) is 0.286. The fraction of sp³-hybridized carbons (Fsp3) is 0.235. The van der Waals surface area contributed by atoms with Crippen molar-refractivity contribution in [1.29, 1.82) is 0 Å². The van der Waals surface area contributed by atoms with Crippen LogP contribution in [0.2, 0.25) is 0 Å². The first-order chi connectivity index (χ1) is 8.97. The lowest BCUT2D eigenvalue weighted by Crippen LogP contribution is -2.08. The van der Waals surface area contributed by atoms with Crippen LogP contribution in [0.25, 0.3) is 0 Å². The third kappa shape index (κ3) is 3.02. The molecule has 0 unspecified atom stereocenters. The number of hydrogen-bond donors (Lipinski definition) is 0. The van der Waals surface area contributed by atoms with E-state index in [-0.39, 0.29) is 5.97 Å². The second kappa shape index (κ2) is 5.27. The van der Waals surface area contributed by atoms with E-state index in [1.165, 1.54) is 5.56 Å². The monoisotopic (exact) mass is 254 g/mol. The van der Waals surface area contributed by atoms with E-state index in [0.717, 1.165) is 16.7 Å². The third-order valence-corrected chi connectivity index (χ3v) is 3.40. The molecule has 2 aromatic carbocycles. The van der Waals surface area contributed by atoms with E-state index in [1.807, 2.05) is 45.0 Å². The summed E-state index contributed by atoms with van der Waals surface area (Å²) in [7, 11) is 0. The largest absolute Gasteiger partial charge is 0.423 e. The zero-order valence-corrected chi connectivity index (χ0v) is 11.8. The number of ether oxygens (including phenoxy) is 1. The molecule has 98 valence electrons. The zero-order chi connectivity index (χ0) is 14.0. The molecule has 0 aliphatic carbocycles. The van der Waals surface area contributed by atoms with E-state index in [1.54, 1.807) is 12.1 Å². The molecule has 0 amide bonds. The fourth-order valence-corrected chi connectivity index (χ4v) is 1.91. The molecule has 2 rings (SSSR count). The maximum Gasteiger partial charge on any atom is 0.343 e. The minimum atomic E-state index is -0.317. The van der Waals surface area contributed by atoms with Gasteiger partial charge in [0.25, 0.3) is 0 Å². The summed E-state index contributed by atoms with van der Waals surface area (Å²) in [6.45, 7) is 8.09. The highest BCUT2D eigenvalue weighted by atomic mass is 16.5. The Morgan fingerprint density at radius 1 is 0.895 bits per heavy atom. The van der Waals surface area contributed by atoms with Gasteiger partial charge in [-0.25, -0.2) is 4.79 Å². The number of carbonyl (C=O) groups excluding carboxylic acids is 1. The summed E-state index contributed by atoms with van der Waals surface area (Å²) in [6, 6.07) is 11.2. The maximum absolute atomic E-state index is 12.0. The standard InChI is InChI=1S/C17H18O2/c1-11-5-7-15(8-6-11)17(18)19-16-9-12(2)14(4)13(3)10-16/h5-10H,1-4H3. The van der Waals surface area contributed by atoms with Gasteiger partial charge < -0.3 is 4.74 Å². The van der Waals surface area contributed by atoms with Crippen molar-refractivity contribution in [3.63, 3.8) is 0 Å². The molecule has 0 aromatic heterocycles. The van der Waals surface area contributed by atoms with Gasteiger partial charge in [0.05, 0.1) is 5.56 Å². The molecule has 2 heteroatoms. The first kappa shape index (κ1) is 13.3. The SMILES string of the molecule is Cc1ccc(C(=O)Oc2cc(C)c(C)c(C)c2)cc1. The van der Waals surface area contributed by atoms with Crippen LogP contribution in [0.4, 0.5) is 0 Å². The van der Waals surface area contributed by atoms with Crippen molar-refractivity contribution in [1.82, 2.24) is 0 Å². The molecule has 0 saturated carbocycles. The van der Waals surface area contributed by atoms with E-state index in [4.69, 9.17) is 4.74 Å². The van der Waals surface area contributed by atoms with E-state index in [2.05, 4.69) is 6.92 Å². The van der Waals surface area contributed by atoms with Crippen LogP contribution >= 0.6 is 0 Å². The maximum atomic E-state index is 12.0. The van der Waals surface area contributed by atoms with Crippen molar-refractivity contribution in [2.24, 2.45) is 0 Å². The molecule has 0 atom stereocenters. The number of hydrogen-bond acceptors (Lipinski definition) is 2. The van der Waals surface area contributed by atoms with Crippen molar-refractivity contribution >= 4 is 5.97 Å². The first-order valence-electron chi connectivity index (χ1n) is 6.34. The molecule has 0 radical (unpaired) electrons. The quantitative estimate of drug-likeness (QED) is 0.594. The number of carbonyl (C=O) groups is 1. The van der Waals surface area contributed by atoms with Crippen LogP contribution in [-0.4, -0.2) is 5.97 Å². The summed E-state index contributed by atoms with van der Waals surface area (Å²) in [4.78, 5) is 12.0. The average Bonchev–Trinajstić information content (AvgIpc) is 2.36. The molecule has 0 N–H and O–H groups in total.